The molecule has 0 fully saturated rings. The Hall–Kier alpha value is -2.89. The van der Waals surface area contributed by atoms with Crippen LogP contribution in [0.2, 0.25) is 38.3 Å². The second kappa shape index (κ2) is 11.2. The van der Waals surface area contributed by atoms with Crippen molar-refractivity contribution in [3.8, 4) is 22.5 Å². The Kier molecular flexibility index (Phi) is 8.09. The molecule has 7 nitrogen and oxygen atoms in total. The highest BCUT2D eigenvalue weighted by atomic mass is 28.4. The van der Waals surface area contributed by atoms with Crippen molar-refractivity contribution in [3.05, 3.63) is 73.1 Å². The first-order valence-electron chi connectivity index (χ1n) is 12.4. The molecule has 9 heteroatoms. The number of hydrogen-bond donors (Lipinski definition) is 0. The molecule has 0 saturated carbocycles. The normalized spacial score (nSPS) is 12.2. The van der Waals surface area contributed by atoms with Gasteiger partial charge in [-0.1, -0.05) is 71.1 Å². The lowest BCUT2D eigenvalue weighted by Gasteiger charge is -2.34. The molecular weight excluding hydrogens is 468 g/mol. The Balaban J connectivity index is 1.20. The van der Waals surface area contributed by atoms with E-state index >= 15 is 0 Å². The van der Waals surface area contributed by atoms with E-state index in [2.05, 4.69) is 71.1 Å². The molecule has 0 unspecified atom stereocenters. The van der Waals surface area contributed by atoms with Crippen LogP contribution < -0.4 is 0 Å². The van der Waals surface area contributed by atoms with Crippen molar-refractivity contribution in [1.29, 1.82) is 0 Å². The van der Waals surface area contributed by atoms with Crippen LogP contribution in [-0.2, 0) is 17.2 Å². The van der Waals surface area contributed by atoms with Gasteiger partial charge in [0.1, 0.15) is 11.4 Å². The number of aryl methyl sites for hydroxylation is 2. The summed E-state index contributed by atoms with van der Waals surface area (Å²) in [6.45, 7) is 11.1. The van der Waals surface area contributed by atoms with Gasteiger partial charge in [-0.2, -0.15) is 0 Å². The number of hydrogen-bond acceptors (Lipinski definition) is 5. The Morgan fingerprint density at radius 2 is 1.03 bits per heavy atom. The summed E-state index contributed by atoms with van der Waals surface area (Å²) in [7, 11) is -3.51. The van der Waals surface area contributed by atoms with Gasteiger partial charge in [-0.3, -0.25) is 9.36 Å². The third-order valence-corrected chi connectivity index (χ3v) is 13.6. The summed E-state index contributed by atoms with van der Waals surface area (Å²) in [4.78, 5) is 0. The Morgan fingerprint density at radius 3 is 1.43 bits per heavy atom. The van der Waals surface area contributed by atoms with Crippen LogP contribution in [0, 0.1) is 0 Å². The minimum atomic E-state index is -1.75. The molecule has 0 bridgehead atoms. The summed E-state index contributed by atoms with van der Waals surface area (Å²) >= 11 is 0. The van der Waals surface area contributed by atoms with E-state index in [0.717, 1.165) is 60.5 Å². The molecule has 0 atom stereocenters. The molecule has 0 radical (unpaired) electrons. The van der Waals surface area contributed by atoms with Gasteiger partial charge in [0.05, 0.1) is 12.4 Å². The van der Waals surface area contributed by atoms with E-state index in [1.807, 2.05) is 58.2 Å². The first kappa shape index (κ1) is 25.2. The molecule has 2 aromatic heterocycles. The summed E-state index contributed by atoms with van der Waals surface area (Å²) in [5.74, 6) is 0. The number of benzene rings is 2. The summed E-state index contributed by atoms with van der Waals surface area (Å²) in [6, 6.07) is 22.6. The zero-order valence-electron chi connectivity index (χ0n) is 21.3. The summed E-state index contributed by atoms with van der Waals surface area (Å²) in [5.41, 5.74) is 4.06. The van der Waals surface area contributed by atoms with Crippen LogP contribution in [-0.4, -0.2) is 46.6 Å². The molecule has 35 heavy (non-hydrogen) atoms. The SMILES string of the molecule is C[Si](C)(CCCn1cc(-c2ccccc2)nn1)O[Si](C)(C)CCCn1cc(-c2ccccc2)nn1. The monoisotopic (exact) mass is 504 g/mol. The zero-order chi connectivity index (χ0) is 24.7. The molecule has 0 amide bonds. The van der Waals surface area contributed by atoms with Gasteiger partial charge in [-0.15, -0.1) is 10.2 Å². The number of aromatic nitrogens is 6. The number of rotatable bonds is 12. The van der Waals surface area contributed by atoms with Crippen LogP contribution in [0.4, 0.5) is 0 Å². The van der Waals surface area contributed by atoms with E-state index in [0.29, 0.717) is 0 Å². The van der Waals surface area contributed by atoms with E-state index in [4.69, 9.17) is 4.12 Å². The van der Waals surface area contributed by atoms with Crippen molar-refractivity contribution in [2.24, 2.45) is 0 Å². The van der Waals surface area contributed by atoms with Crippen molar-refractivity contribution >= 4 is 16.6 Å². The molecule has 4 rings (SSSR count). The average Bonchev–Trinajstić information content (AvgIpc) is 3.49. The average molecular weight is 505 g/mol. The highest BCUT2D eigenvalue weighted by Crippen LogP contribution is 2.25. The lowest BCUT2D eigenvalue weighted by Crippen LogP contribution is -2.44. The summed E-state index contributed by atoms with van der Waals surface area (Å²) in [5, 5.41) is 17.3. The third kappa shape index (κ3) is 7.55. The van der Waals surface area contributed by atoms with Crippen molar-refractivity contribution < 1.29 is 4.12 Å². The maximum Gasteiger partial charge on any atom is 0.173 e. The van der Waals surface area contributed by atoms with Crippen LogP contribution in [0.3, 0.4) is 0 Å². The van der Waals surface area contributed by atoms with Crippen LogP contribution in [0.25, 0.3) is 22.5 Å². The smallest absolute Gasteiger partial charge is 0.173 e. The minimum Gasteiger partial charge on any atom is -0.455 e. The summed E-state index contributed by atoms with van der Waals surface area (Å²) < 4.78 is 10.7. The Morgan fingerprint density at radius 1 is 0.629 bits per heavy atom. The molecule has 0 spiro atoms. The maximum absolute atomic E-state index is 6.84. The zero-order valence-corrected chi connectivity index (χ0v) is 23.3. The van der Waals surface area contributed by atoms with Crippen molar-refractivity contribution in [1.82, 2.24) is 30.0 Å². The van der Waals surface area contributed by atoms with Crippen LogP contribution >= 0.6 is 0 Å². The fourth-order valence-electron chi connectivity index (χ4n) is 4.48. The molecule has 184 valence electrons. The topological polar surface area (TPSA) is 70.7 Å². The number of nitrogens with zero attached hydrogens (tertiary/aromatic N) is 6. The fraction of sp³-hybridized carbons (Fsp3) is 0.385. The highest BCUT2D eigenvalue weighted by Gasteiger charge is 2.32. The predicted molar refractivity (Wildman–Crippen MR) is 146 cm³/mol. The van der Waals surface area contributed by atoms with Crippen molar-refractivity contribution in [3.63, 3.8) is 0 Å². The lowest BCUT2D eigenvalue weighted by molar-refractivity contribution is 0.505. The Labute approximate surface area is 210 Å². The van der Waals surface area contributed by atoms with Crippen LogP contribution in [0.1, 0.15) is 12.8 Å². The minimum absolute atomic E-state index is 0.873. The molecule has 0 N–H and O–H groups in total. The van der Waals surface area contributed by atoms with Crippen molar-refractivity contribution in [2.45, 2.75) is 64.2 Å². The largest absolute Gasteiger partial charge is 0.455 e. The predicted octanol–water partition coefficient (Wildman–Crippen LogP) is 6.11. The van der Waals surface area contributed by atoms with Gasteiger partial charge < -0.3 is 4.12 Å². The van der Waals surface area contributed by atoms with Gasteiger partial charge >= 0.3 is 0 Å². The van der Waals surface area contributed by atoms with Gasteiger partial charge in [0.25, 0.3) is 0 Å². The van der Waals surface area contributed by atoms with Gasteiger partial charge in [0.15, 0.2) is 16.6 Å². The molecular formula is C26H36N6OSi2. The quantitative estimate of drug-likeness (QED) is 0.218. The lowest BCUT2D eigenvalue weighted by atomic mass is 10.2. The first-order chi connectivity index (χ1) is 16.8. The molecule has 2 aromatic carbocycles. The molecule has 2 heterocycles. The fourth-order valence-corrected chi connectivity index (χ4v) is 13.3. The third-order valence-electron chi connectivity index (χ3n) is 6.10. The molecule has 0 saturated heterocycles. The summed E-state index contributed by atoms with van der Waals surface area (Å²) in [6.07, 6.45) is 6.19. The van der Waals surface area contributed by atoms with E-state index in [-0.39, 0.29) is 0 Å². The Bertz CT molecular complexity index is 1100. The van der Waals surface area contributed by atoms with E-state index in [1.165, 1.54) is 0 Å². The van der Waals surface area contributed by atoms with E-state index in [9.17, 15) is 0 Å². The van der Waals surface area contributed by atoms with Crippen molar-refractivity contribution in [2.75, 3.05) is 0 Å². The molecule has 0 aliphatic carbocycles. The van der Waals surface area contributed by atoms with Gasteiger partial charge in [-0.25, -0.2) is 0 Å². The maximum atomic E-state index is 6.84. The standard InChI is InChI=1S/C26H36N6OSi2/c1-34(2,19-11-17-31-21-25(27-29-31)23-13-7-5-8-14-23)33-35(3,4)20-12-18-32-22-26(28-30-32)24-15-9-6-10-16-24/h5-10,13-16,21-22H,11-12,17-20H2,1-4H3. The van der Waals surface area contributed by atoms with Crippen LogP contribution in [0.15, 0.2) is 73.1 Å². The second-order valence-electron chi connectivity index (χ2n) is 10.3. The second-order valence-corrected chi connectivity index (χ2v) is 19.1. The first-order valence-corrected chi connectivity index (χ1v) is 18.6. The van der Waals surface area contributed by atoms with E-state index < -0.39 is 16.6 Å². The van der Waals surface area contributed by atoms with Gasteiger partial charge in [0.2, 0.25) is 0 Å². The molecule has 0 aliphatic heterocycles. The van der Waals surface area contributed by atoms with E-state index in [1.54, 1.807) is 0 Å². The van der Waals surface area contributed by atoms with Crippen LogP contribution in [0.5, 0.6) is 0 Å². The molecule has 0 aliphatic rings. The van der Waals surface area contributed by atoms with Gasteiger partial charge in [0, 0.05) is 24.2 Å². The highest BCUT2D eigenvalue weighted by molar-refractivity contribution is 6.84. The molecule has 4 aromatic rings. The van der Waals surface area contributed by atoms with Gasteiger partial charge in [-0.05, 0) is 51.1 Å².